The first-order valence-electron chi connectivity index (χ1n) is 5.68. The summed E-state index contributed by atoms with van der Waals surface area (Å²) in [7, 11) is 0. The Kier molecular flexibility index (Phi) is 3.99. The molecule has 0 heterocycles. The fraction of sp³-hybridized carbons (Fsp3) is 0.462. The average Bonchev–Trinajstić information content (AvgIpc) is 2.29. The van der Waals surface area contributed by atoms with Gasteiger partial charge in [-0.1, -0.05) is 13.8 Å². The molecule has 0 aliphatic rings. The van der Waals surface area contributed by atoms with Crippen molar-refractivity contribution < 1.29 is 19.7 Å². The van der Waals surface area contributed by atoms with Crippen molar-refractivity contribution >= 4 is 6.16 Å². The summed E-state index contributed by atoms with van der Waals surface area (Å²) in [5, 5.41) is 18.7. The van der Waals surface area contributed by atoms with E-state index in [2.05, 4.69) is 0 Å². The third-order valence-corrected chi connectivity index (χ3v) is 3.12. The van der Waals surface area contributed by atoms with Crippen molar-refractivity contribution in [1.29, 1.82) is 0 Å². The zero-order valence-corrected chi connectivity index (χ0v) is 10.6. The summed E-state index contributed by atoms with van der Waals surface area (Å²) in [4.78, 5) is 10.7. The highest BCUT2D eigenvalue weighted by atomic mass is 16.7. The summed E-state index contributed by atoms with van der Waals surface area (Å²) in [6.07, 6.45) is 0.00680. The molecule has 94 valence electrons. The Morgan fingerprint density at radius 3 is 2.06 bits per heavy atom. The minimum Gasteiger partial charge on any atom is -0.504 e. The zero-order valence-electron chi connectivity index (χ0n) is 10.6. The van der Waals surface area contributed by atoms with Crippen LogP contribution in [-0.4, -0.2) is 16.4 Å². The van der Waals surface area contributed by atoms with Crippen LogP contribution in [-0.2, 0) is 12.8 Å². The van der Waals surface area contributed by atoms with Gasteiger partial charge in [-0.2, -0.15) is 0 Å². The SMILES string of the molecule is CCc1c(C)c(C)c(O)c(OC(=O)O)c1CC. The Morgan fingerprint density at radius 2 is 1.65 bits per heavy atom. The van der Waals surface area contributed by atoms with Crippen molar-refractivity contribution in [1.82, 2.24) is 0 Å². The summed E-state index contributed by atoms with van der Waals surface area (Å²) >= 11 is 0. The van der Waals surface area contributed by atoms with E-state index in [1.165, 1.54) is 0 Å². The van der Waals surface area contributed by atoms with Gasteiger partial charge in [-0.25, -0.2) is 4.79 Å². The topological polar surface area (TPSA) is 66.8 Å². The first kappa shape index (κ1) is 13.4. The average molecular weight is 238 g/mol. The molecule has 0 spiro atoms. The number of rotatable bonds is 3. The molecule has 4 heteroatoms. The van der Waals surface area contributed by atoms with Gasteiger partial charge in [0.1, 0.15) is 0 Å². The number of benzene rings is 1. The summed E-state index contributed by atoms with van der Waals surface area (Å²) < 4.78 is 4.71. The van der Waals surface area contributed by atoms with Gasteiger partial charge < -0.3 is 14.9 Å². The molecule has 0 aromatic heterocycles. The molecule has 1 aromatic rings. The van der Waals surface area contributed by atoms with E-state index in [-0.39, 0.29) is 11.5 Å². The summed E-state index contributed by atoms with van der Waals surface area (Å²) in [5.74, 6) is 0.0129. The van der Waals surface area contributed by atoms with Crippen molar-refractivity contribution in [2.24, 2.45) is 0 Å². The fourth-order valence-electron chi connectivity index (χ4n) is 2.13. The van der Waals surface area contributed by atoms with Crippen LogP contribution in [0.5, 0.6) is 11.5 Å². The first-order chi connectivity index (χ1) is 7.93. The smallest absolute Gasteiger partial charge is 0.504 e. The molecule has 0 aliphatic carbocycles. The van der Waals surface area contributed by atoms with E-state index in [0.717, 1.165) is 23.1 Å². The Bertz CT molecular complexity index is 449. The number of phenols is 1. The molecule has 0 aliphatic heterocycles. The molecule has 0 bridgehead atoms. The quantitative estimate of drug-likeness (QED) is 0.627. The van der Waals surface area contributed by atoms with Gasteiger partial charge in [0.05, 0.1) is 0 Å². The van der Waals surface area contributed by atoms with E-state index in [1.54, 1.807) is 6.92 Å². The lowest BCUT2D eigenvalue weighted by molar-refractivity contribution is 0.142. The Hall–Kier alpha value is -1.71. The van der Waals surface area contributed by atoms with Crippen LogP contribution in [0.3, 0.4) is 0 Å². The van der Waals surface area contributed by atoms with Gasteiger partial charge in [-0.15, -0.1) is 0 Å². The lowest BCUT2D eigenvalue weighted by Gasteiger charge is -2.18. The molecule has 0 radical (unpaired) electrons. The van der Waals surface area contributed by atoms with Crippen LogP contribution in [0.1, 0.15) is 36.1 Å². The van der Waals surface area contributed by atoms with Crippen molar-refractivity contribution in [2.75, 3.05) is 0 Å². The molecular formula is C13H18O4. The fourth-order valence-corrected chi connectivity index (χ4v) is 2.13. The molecule has 4 nitrogen and oxygen atoms in total. The van der Waals surface area contributed by atoms with Gasteiger partial charge in [-0.3, -0.25) is 0 Å². The second kappa shape index (κ2) is 5.08. The summed E-state index contributed by atoms with van der Waals surface area (Å²) in [6.45, 7) is 7.61. The van der Waals surface area contributed by atoms with E-state index >= 15 is 0 Å². The van der Waals surface area contributed by atoms with E-state index in [9.17, 15) is 9.90 Å². The minimum atomic E-state index is -1.40. The number of aromatic hydroxyl groups is 1. The molecule has 0 saturated carbocycles. The van der Waals surface area contributed by atoms with E-state index in [0.29, 0.717) is 12.0 Å². The van der Waals surface area contributed by atoms with Crippen molar-refractivity contribution in [3.63, 3.8) is 0 Å². The number of hydrogen-bond acceptors (Lipinski definition) is 3. The molecule has 1 aromatic carbocycles. The summed E-state index contributed by atoms with van der Waals surface area (Å²) in [6, 6.07) is 0. The largest absolute Gasteiger partial charge is 0.511 e. The normalized spacial score (nSPS) is 10.4. The summed E-state index contributed by atoms with van der Waals surface area (Å²) in [5.41, 5.74) is 3.50. The molecule has 1 rings (SSSR count). The number of carboxylic acid groups (broad SMARTS) is 1. The first-order valence-corrected chi connectivity index (χ1v) is 5.68. The monoisotopic (exact) mass is 238 g/mol. The Labute approximate surface area is 101 Å². The number of hydrogen-bond donors (Lipinski definition) is 2. The maximum Gasteiger partial charge on any atom is 0.511 e. The van der Waals surface area contributed by atoms with Crippen LogP contribution in [0.4, 0.5) is 4.79 Å². The van der Waals surface area contributed by atoms with Gasteiger partial charge in [0.15, 0.2) is 11.5 Å². The second-order valence-corrected chi connectivity index (χ2v) is 3.96. The van der Waals surface area contributed by atoms with Crippen LogP contribution in [0.15, 0.2) is 0 Å². The molecule has 2 N–H and O–H groups in total. The molecule has 0 saturated heterocycles. The van der Waals surface area contributed by atoms with Crippen LogP contribution < -0.4 is 4.74 Å². The van der Waals surface area contributed by atoms with Gasteiger partial charge in [-0.05, 0) is 43.4 Å². The van der Waals surface area contributed by atoms with E-state index in [4.69, 9.17) is 9.84 Å². The van der Waals surface area contributed by atoms with Crippen LogP contribution in [0, 0.1) is 13.8 Å². The lowest BCUT2D eigenvalue weighted by Crippen LogP contribution is -2.09. The van der Waals surface area contributed by atoms with E-state index < -0.39 is 6.16 Å². The maximum absolute atomic E-state index is 10.7. The standard InChI is InChI=1S/C13H18O4/c1-5-9-7(3)8(4)11(14)12(10(9)6-2)17-13(15)16/h14H,5-6H2,1-4H3,(H,15,16). The minimum absolute atomic E-state index is 0.0704. The highest BCUT2D eigenvalue weighted by molar-refractivity contribution is 5.67. The highest BCUT2D eigenvalue weighted by Crippen LogP contribution is 2.39. The molecule has 0 amide bonds. The van der Waals surface area contributed by atoms with Gasteiger partial charge in [0, 0.05) is 5.56 Å². The molecule has 0 fully saturated rings. The third kappa shape index (κ3) is 2.35. The van der Waals surface area contributed by atoms with Crippen molar-refractivity contribution in [2.45, 2.75) is 40.5 Å². The van der Waals surface area contributed by atoms with Crippen molar-refractivity contribution in [3.05, 3.63) is 22.3 Å². The van der Waals surface area contributed by atoms with Crippen molar-refractivity contribution in [3.8, 4) is 11.5 Å². The number of phenolic OH excluding ortho intramolecular Hbond substituents is 1. The highest BCUT2D eigenvalue weighted by Gasteiger charge is 2.20. The Morgan fingerprint density at radius 1 is 1.12 bits per heavy atom. The number of carbonyl (C=O) groups is 1. The number of ether oxygens (including phenoxy) is 1. The van der Waals surface area contributed by atoms with E-state index in [1.807, 2.05) is 20.8 Å². The molecular weight excluding hydrogens is 220 g/mol. The maximum atomic E-state index is 10.7. The lowest BCUT2D eigenvalue weighted by atomic mass is 9.92. The third-order valence-electron chi connectivity index (χ3n) is 3.12. The predicted molar refractivity (Wildman–Crippen MR) is 65.0 cm³/mol. The molecule has 0 atom stereocenters. The predicted octanol–water partition coefficient (Wildman–Crippen LogP) is 3.19. The Balaban J connectivity index is 3.55. The van der Waals surface area contributed by atoms with Crippen LogP contribution >= 0.6 is 0 Å². The van der Waals surface area contributed by atoms with Gasteiger partial charge in [0.25, 0.3) is 0 Å². The van der Waals surface area contributed by atoms with Gasteiger partial charge in [0.2, 0.25) is 0 Å². The van der Waals surface area contributed by atoms with Crippen LogP contribution in [0.25, 0.3) is 0 Å². The molecule has 17 heavy (non-hydrogen) atoms. The van der Waals surface area contributed by atoms with Gasteiger partial charge >= 0.3 is 6.16 Å². The van der Waals surface area contributed by atoms with Crippen LogP contribution in [0.2, 0.25) is 0 Å². The molecule has 0 unspecified atom stereocenters. The second-order valence-electron chi connectivity index (χ2n) is 3.96. The zero-order chi connectivity index (χ0) is 13.2.